The molecule has 0 unspecified atom stereocenters. The summed E-state index contributed by atoms with van der Waals surface area (Å²) < 4.78 is 13.1. The summed E-state index contributed by atoms with van der Waals surface area (Å²) in [6, 6.07) is 13.3. The topological polar surface area (TPSA) is 86.6 Å². The normalized spacial score (nSPS) is 14.7. The zero-order chi connectivity index (χ0) is 21.1. The quantitative estimate of drug-likeness (QED) is 0.604. The van der Waals surface area contributed by atoms with Crippen molar-refractivity contribution in [2.45, 2.75) is 30.4 Å². The second kappa shape index (κ2) is 8.53. The van der Waals surface area contributed by atoms with Crippen LogP contribution in [0.5, 0.6) is 0 Å². The number of dihydropyridines is 1. The van der Waals surface area contributed by atoms with Crippen molar-refractivity contribution in [3.05, 3.63) is 88.0 Å². The lowest BCUT2D eigenvalue weighted by Crippen LogP contribution is -2.31. The third kappa shape index (κ3) is 4.35. The largest absolute Gasteiger partial charge is 0.478 e. The predicted molar refractivity (Wildman–Crippen MR) is 109 cm³/mol. The molecule has 7 heteroatoms. The molecule has 3 rings (SSSR count). The van der Waals surface area contributed by atoms with Crippen LogP contribution >= 0.6 is 11.8 Å². The average Bonchev–Trinajstić information content (AvgIpc) is 2.66. The highest BCUT2D eigenvalue weighted by Crippen LogP contribution is 2.42. The van der Waals surface area contributed by atoms with Crippen molar-refractivity contribution in [3.63, 3.8) is 0 Å². The third-order valence-corrected chi connectivity index (χ3v) is 5.92. The van der Waals surface area contributed by atoms with Gasteiger partial charge in [0.25, 0.3) is 0 Å². The van der Waals surface area contributed by atoms with E-state index in [0.29, 0.717) is 22.7 Å². The summed E-state index contributed by atoms with van der Waals surface area (Å²) in [6.07, 6.45) is 0. The highest BCUT2D eigenvalue weighted by molar-refractivity contribution is 7.98. The molecule has 0 bridgehead atoms. The molecule has 0 radical (unpaired) electrons. The minimum atomic E-state index is -1.16. The number of hydrogen-bond acceptors (Lipinski definition) is 4. The molecule has 0 saturated carbocycles. The van der Waals surface area contributed by atoms with Crippen molar-refractivity contribution in [1.29, 1.82) is 0 Å². The van der Waals surface area contributed by atoms with Crippen molar-refractivity contribution in [3.8, 4) is 0 Å². The van der Waals surface area contributed by atoms with Gasteiger partial charge in [0, 0.05) is 22.0 Å². The molecule has 0 spiro atoms. The van der Waals surface area contributed by atoms with E-state index in [4.69, 9.17) is 0 Å². The van der Waals surface area contributed by atoms with E-state index in [1.165, 1.54) is 23.9 Å². The summed E-state index contributed by atoms with van der Waals surface area (Å²) in [5, 5.41) is 22.5. The Balaban J connectivity index is 2.05. The second-order valence-corrected chi connectivity index (χ2v) is 7.72. The number of benzene rings is 2. The molecule has 5 nitrogen and oxygen atoms in total. The molecule has 0 amide bonds. The second-order valence-electron chi connectivity index (χ2n) is 6.70. The Kier molecular flexibility index (Phi) is 6.08. The molecule has 29 heavy (non-hydrogen) atoms. The Morgan fingerprint density at radius 3 is 2.07 bits per heavy atom. The number of carbonyl (C=O) groups is 2. The van der Waals surface area contributed by atoms with Crippen molar-refractivity contribution in [2.24, 2.45) is 0 Å². The fourth-order valence-electron chi connectivity index (χ4n) is 3.46. The van der Waals surface area contributed by atoms with Crippen molar-refractivity contribution >= 4 is 23.7 Å². The molecule has 0 atom stereocenters. The van der Waals surface area contributed by atoms with Gasteiger partial charge in [0.05, 0.1) is 17.1 Å². The van der Waals surface area contributed by atoms with Crippen LogP contribution in [0, 0.1) is 5.82 Å². The first-order valence-corrected chi connectivity index (χ1v) is 9.89. The lowest BCUT2D eigenvalue weighted by molar-refractivity contribution is -0.133. The van der Waals surface area contributed by atoms with Gasteiger partial charge in [0.2, 0.25) is 0 Å². The van der Waals surface area contributed by atoms with Gasteiger partial charge in [-0.3, -0.25) is 0 Å². The lowest BCUT2D eigenvalue weighted by atomic mass is 9.80. The van der Waals surface area contributed by atoms with E-state index in [1.807, 2.05) is 12.1 Å². The van der Waals surface area contributed by atoms with E-state index >= 15 is 0 Å². The van der Waals surface area contributed by atoms with Gasteiger partial charge in [-0.2, -0.15) is 0 Å². The van der Waals surface area contributed by atoms with E-state index in [-0.39, 0.29) is 17.0 Å². The first-order chi connectivity index (χ1) is 13.8. The van der Waals surface area contributed by atoms with E-state index in [0.717, 1.165) is 10.5 Å². The third-order valence-electron chi connectivity index (χ3n) is 4.76. The number of aliphatic carboxylic acids is 2. The summed E-state index contributed by atoms with van der Waals surface area (Å²) >= 11 is 1.46. The molecule has 1 aliphatic heterocycles. The Labute approximate surface area is 172 Å². The minimum absolute atomic E-state index is 0.0165. The zero-order valence-electron chi connectivity index (χ0n) is 15.9. The first-order valence-electron chi connectivity index (χ1n) is 8.91. The van der Waals surface area contributed by atoms with Crippen LogP contribution < -0.4 is 5.32 Å². The van der Waals surface area contributed by atoms with Crippen LogP contribution in [-0.4, -0.2) is 22.2 Å². The molecular formula is C22H20FNO4S. The lowest BCUT2D eigenvalue weighted by Gasteiger charge is -2.29. The zero-order valence-corrected chi connectivity index (χ0v) is 16.7. The Morgan fingerprint density at radius 2 is 1.52 bits per heavy atom. The summed E-state index contributed by atoms with van der Waals surface area (Å²) in [7, 11) is 0. The monoisotopic (exact) mass is 413 g/mol. The first kappa shape index (κ1) is 20.7. The van der Waals surface area contributed by atoms with E-state index in [1.54, 1.807) is 38.1 Å². The minimum Gasteiger partial charge on any atom is -0.478 e. The van der Waals surface area contributed by atoms with Crippen LogP contribution in [0.1, 0.15) is 30.9 Å². The van der Waals surface area contributed by atoms with Crippen LogP contribution in [0.3, 0.4) is 0 Å². The molecule has 0 saturated heterocycles. The summed E-state index contributed by atoms with van der Waals surface area (Å²) in [5.74, 6) is -3.00. The van der Waals surface area contributed by atoms with Crippen LogP contribution in [-0.2, 0) is 15.3 Å². The number of carboxylic acid groups (broad SMARTS) is 2. The standard InChI is InChI=1S/C22H20FNO4S/c1-12-18(21(25)26)20(19(22(27)28)13(2)24-12)16-5-3-4-6-17(16)29-11-14-7-9-15(23)10-8-14/h3-10,20,24H,11H2,1-2H3,(H,25,26)(H,27,28). The number of hydrogen-bond donors (Lipinski definition) is 3. The van der Waals surface area contributed by atoms with Crippen LogP contribution in [0.2, 0.25) is 0 Å². The smallest absolute Gasteiger partial charge is 0.334 e. The van der Waals surface area contributed by atoms with Gasteiger partial charge in [-0.05, 0) is 43.2 Å². The molecule has 1 aliphatic rings. The number of halogens is 1. The fourth-order valence-corrected chi connectivity index (χ4v) is 4.51. The number of nitrogens with one attached hydrogen (secondary N) is 1. The van der Waals surface area contributed by atoms with E-state index < -0.39 is 17.9 Å². The molecule has 2 aromatic rings. The Bertz CT molecular complexity index is 991. The van der Waals surface area contributed by atoms with Gasteiger partial charge in [-0.15, -0.1) is 11.8 Å². The number of rotatable bonds is 6. The van der Waals surface area contributed by atoms with Crippen molar-refractivity contribution in [2.75, 3.05) is 0 Å². The van der Waals surface area contributed by atoms with Gasteiger partial charge in [-0.1, -0.05) is 30.3 Å². The molecular weight excluding hydrogens is 393 g/mol. The number of carboxylic acids is 2. The maximum atomic E-state index is 13.1. The molecule has 150 valence electrons. The number of thioether (sulfide) groups is 1. The molecule has 0 aliphatic carbocycles. The molecule has 0 fully saturated rings. The highest BCUT2D eigenvalue weighted by atomic mass is 32.2. The van der Waals surface area contributed by atoms with Gasteiger partial charge in [0.1, 0.15) is 5.82 Å². The predicted octanol–water partition coefficient (Wildman–Crippen LogP) is 4.52. The van der Waals surface area contributed by atoms with Gasteiger partial charge < -0.3 is 15.5 Å². The van der Waals surface area contributed by atoms with E-state index in [2.05, 4.69) is 5.32 Å². The van der Waals surface area contributed by atoms with E-state index in [9.17, 15) is 24.2 Å². The highest BCUT2D eigenvalue weighted by Gasteiger charge is 2.37. The Morgan fingerprint density at radius 1 is 0.966 bits per heavy atom. The Hall–Kier alpha value is -3.06. The molecule has 2 aromatic carbocycles. The van der Waals surface area contributed by atoms with Crippen molar-refractivity contribution < 1.29 is 24.2 Å². The van der Waals surface area contributed by atoms with Crippen LogP contribution in [0.4, 0.5) is 4.39 Å². The maximum absolute atomic E-state index is 13.1. The summed E-state index contributed by atoms with van der Waals surface area (Å²) in [4.78, 5) is 24.8. The van der Waals surface area contributed by atoms with Gasteiger partial charge in [0.15, 0.2) is 0 Å². The number of allylic oxidation sites excluding steroid dienone is 2. The average molecular weight is 413 g/mol. The summed E-state index contributed by atoms with van der Waals surface area (Å²) in [5.41, 5.74) is 2.40. The van der Waals surface area contributed by atoms with Crippen LogP contribution in [0.15, 0.2) is 76.0 Å². The van der Waals surface area contributed by atoms with Gasteiger partial charge in [-0.25, -0.2) is 14.0 Å². The molecule has 1 heterocycles. The molecule has 3 N–H and O–H groups in total. The SMILES string of the molecule is CC1=C(C(=O)O)C(c2ccccc2SCc2ccc(F)cc2)C(C(=O)O)=C(C)N1. The van der Waals surface area contributed by atoms with Gasteiger partial charge >= 0.3 is 11.9 Å². The van der Waals surface area contributed by atoms with Crippen LogP contribution in [0.25, 0.3) is 0 Å². The fraction of sp³-hybridized carbons (Fsp3) is 0.182. The molecule has 0 aromatic heterocycles. The summed E-state index contributed by atoms with van der Waals surface area (Å²) in [6.45, 7) is 3.26. The van der Waals surface area contributed by atoms with Crippen molar-refractivity contribution in [1.82, 2.24) is 5.32 Å². The maximum Gasteiger partial charge on any atom is 0.334 e.